The number of carbonyl (C=O) groups is 3. The first-order chi connectivity index (χ1) is 13.5. The number of nitrogens with zero attached hydrogens (tertiary/aromatic N) is 3. The molecule has 2 aliphatic heterocycles. The Kier molecular flexibility index (Phi) is 3.65. The van der Waals surface area contributed by atoms with Gasteiger partial charge < -0.3 is 9.47 Å². The number of benzene rings is 1. The van der Waals surface area contributed by atoms with Crippen LogP contribution in [-0.4, -0.2) is 65.7 Å². The summed E-state index contributed by atoms with van der Waals surface area (Å²) in [7, 11) is 3.82. The molecule has 0 fully saturated rings. The van der Waals surface area contributed by atoms with E-state index in [-0.39, 0.29) is 17.6 Å². The fourth-order valence-electron chi connectivity index (χ4n) is 4.29. The molecular formula is C21H20N4O3. The summed E-state index contributed by atoms with van der Waals surface area (Å²) < 4.78 is 2.06. The van der Waals surface area contributed by atoms with Crippen molar-refractivity contribution >= 4 is 46.2 Å². The zero-order valence-electron chi connectivity index (χ0n) is 15.8. The number of amides is 2. The zero-order valence-corrected chi connectivity index (χ0v) is 15.8. The molecule has 0 saturated heterocycles. The van der Waals surface area contributed by atoms with Gasteiger partial charge >= 0.3 is 0 Å². The average molecular weight is 376 g/mol. The topological polar surface area (TPSA) is 74.7 Å². The maximum Gasteiger partial charge on any atom is 0.261 e. The third-order valence-electron chi connectivity index (χ3n) is 5.65. The summed E-state index contributed by atoms with van der Waals surface area (Å²) in [5, 5.41) is 5.68. The molecule has 0 bridgehead atoms. The van der Waals surface area contributed by atoms with Crippen LogP contribution in [0.15, 0.2) is 18.2 Å². The summed E-state index contributed by atoms with van der Waals surface area (Å²) in [5.74, 6) is -0.550. The molecule has 1 aromatic carbocycles. The molecule has 0 saturated carbocycles. The van der Waals surface area contributed by atoms with Crippen molar-refractivity contribution in [2.75, 3.05) is 33.7 Å². The number of hydrogen-bond donors (Lipinski definition) is 1. The quantitative estimate of drug-likeness (QED) is 0.716. The van der Waals surface area contributed by atoms with Gasteiger partial charge in [0.05, 0.1) is 17.5 Å². The Labute approximate surface area is 161 Å². The SMILES string of the molecule is CN(C)CCN1C(=O)C=c2c(ccc3c2c2c4n3CNCC=4C(=O)C=C2)C1=O. The van der Waals surface area contributed by atoms with Gasteiger partial charge in [-0.15, -0.1) is 0 Å². The Balaban J connectivity index is 1.79. The molecule has 142 valence electrons. The molecule has 0 atom stereocenters. The van der Waals surface area contributed by atoms with E-state index in [2.05, 4.69) is 9.88 Å². The van der Waals surface area contributed by atoms with Crippen LogP contribution in [0.1, 0.15) is 15.9 Å². The molecule has 0 spiro atoms. The lowest BCUT2D eigenvalue weighted by molar-refractivity contribution is -0.122. The number of imide groups is 1. The van der Waals surface area contributed by atoms with Gasteiger partial charge in [-0.25, -0.2) is 0 Å². The van der Waals surface area contributed by atoms with Crippen LogP contribution < -0.4 is 15.9 Å². The molecule has 1 aromatic heterocycles. The van der Waals surface area contributed by atoms with Crippen LogP contribution in [0, 0.1) is 0 Å². The Morgan fingerprint density at radius 2 is 1.96 bits per heavy atom. The molecule has 1 aliphatic carbocycles. The number of hydrogen-bond acceptors (Lipinski definition) is 5. The van der Waals surface area contributed by atoms with E-state index in [4.69, 9.17) is 0 Å². The molecule has 28 heavy (non-hydrogen) atoms. The number of rotatable bonds is 3. The molecule has 3 aliphatic rings. The van der Waals surface area contributed by atoms with E-state index < -0.39 is 0 Å². The van der Waals surface area contributed by atoms with Gasteiger partial charge in [-0.2, -0.15) is 0 Å². The highest BCUT2D eigenvalue weighted by molar-refractivity contribution is 6.26. The van der Waals surface area contributed by atoms with Crippen molar-refractivity contribution in [3.8, 4) is 0 Å². The van der Waals surface area contributed by atoms with Gasteiger partial charge in [0.15, 0.2) is 5.78 Å². The minimum Gasteiger partial charge on any atom is -0.327 e. The monoisotopic (exact) mass is 376 g/mol. The second-order valence-corrected chi connectivity index (χ2v) is 7.61. The van der Waals surface area contributed by atoms with Crippen molar-refractivity contribution in [1.29, 1.82) is 0 Å². The zero-order chi connectivity index (χ0) is 19.6. The molecular weight excluding hydrogens is 356 g/mol. The first-order valence-electron chi connectivity index (χ1n) is 9.31. The third-order valence-corrected chi connectivity index (χ3v) is 5.65. The smallest absolute Gasteiger partial charge is 0.261 e. The van der Waals surface area contributed by atoms with E-state index in [1.165, 1.54) is 4.90 Å². The molecule has 2 amide bonds. The Morgan fingerprint density at radius 1 is 1.14 bits per heavy atom. The van der Waals surface area contributed by atoms with Crippen molar-refractivity contribution in [1.82, 2.24) is 19.7 Å². The highest BCUT2D eigenvalue weighted by Gasteiger charge is 2.30. The van der Waals surface area contributed by atoms with E-state index in [1.807, 2.05) is 31.1 Å². The Bertz CT molecular complexity index is 1230. The van der Waals surface area contributed by atoms with Crippen LogP contribution in [0.4, 0.5) is 0 Å². The number of ketones is 1. The molecule has 3 heterocycles. The van der Waals surface area contributed by atoms with Crippen molar-refractivity contribution in [3.63, 3.8) is 0 Å². The van der Waals surface area contributed by atoms with Gasteiger partial charge in [0.2, 0.25) is 0 Å². The lowest BCUT2D eigenvalue weighted by atomic mass is 9.96. The molecule has 2 aromatic rings. The second kappa shape index (κ2) is 5.98. The summed E-state index contributed by atoms with van der Waals surface area (Å²) in [6, 6.07) is 3.71. The normalized spacial score (nSPS) is 18.0. The van der Waals surface area contributed by atoms with Gasteiger partial charge in [-0.1, -0.05) is 0 Å². The van der Waals surface area contributed by atoms with E-state index in [0.29, 0.717) is 37.1 Å². The maximum absolute atomic E-state index is 13.0. The summed E-state index contributed by atoms with van der Waals surface area (Å²) in [4.78, 5) is 41.3. The van der Waals surface area contributed by atoms with Gasteiger partial charge in [0.25, 0.3) is 11.8 Å². The van der Waals surface area contributed by atoms with Gasteiger partial charge in [-0.05, 0) is 38.4 Å². The molecule has 7 nitrogen and oxygen atoms in total. The molecule has 7 heteroatoms. The van der Waals surface area contributed by atoms with Crippen LogP contribution in [0.2, 0.25) is 0 Å². The highest BCUT2D eigenvalue weighted by Crippen LogP contribution is 2.23. The van der Waals surface area contributed by atoms with Crippen LogP contribution in [0.25, 0.3) is 28.6 Å². The second-order valence-electron chi connectivity index (χ2n) is 7.61. The average Bonchev–Trinajstić information content (AvgIpc) is 3.00. The minimum absolute atomic E-state index is 0.00335. The number of aromatic nitrogens is 1. The van der Waals surface area contributed by atoms with Gasteiger partial charge in [0, 0.05) is 53.0 Å². The molecule has 1 N–H and O–H groups in total. The number of nitrogens with one attached hydrogen (secondary N) is 1. The number of fused-ring (bicyclic) bond motifs is 5. The number of likely N-dealkylation sites (N-methyl/N-ethyl adjacent to an activating group) is 1. The van der Waals surface area contributed by atoms with E-state index in [9.17, 15) is 14.4 Å². The van der Waals surface area contributed by atoms with Crippen molar-refractivity contribution < 1.29 is 14.4 Å². The van der Waals surface area contributed by atoms with Gasteiger partial charge in [0.1, 0.15) is 0 Å². The van der Waals surface area contributed by atoms with Crippen molar-refractivity contribution in [2.45, 2.75) is 6.67 Å². The van der Waals surface area contributed by atoms with E-state index in [0.717, 1.165) is 27.4 Å². The number of allylic oxidation sites excluding steroid dienone is 1. The fourth-order valence-corrected chi connectivity index (χ4v) is 4.29. The van der Waals surface area contributed by atoms with Crippen molar-refractivity contribution in [2.24, 2.45) is 0 Å². The predicted molar refractivity (Wildman–Crippen MR) is 106 cm³/mol. The molecule has 0 unspecified atom stereocenters. The first-order valence-corrected chi connectivity index (χ1v) is 9.31. The third kappa shape index (κ3) is 2.26. The maximum atomic E-state index is 13.0. The number of carbonyl (C=O) groups excluding carboxylic acids is 3. The van der Waals surface area contributed by atoms with E-state index >= 15 is 0 Å². The van der Waals surface area contributed by atoms with Crippen LogP contribution >= 0.6 is 0 Å². The van der Waals surface area contributed by atoms with Crippen molar-refractivity contribution in [3.05, 3.63) is 39.9 Å². The first kappa shape index (κ1) is 17.1. The summed E-state index contributed by atoms with van der Waals surface area (Å²) in [6.45, 7) is 2.08. The largest absolute Gasteiger partial charge is 0.327 e. The molecule has 5 rings (SSSR count). The van der Waals surface area contributed by atoms with Crippen LogP contribution in [0.3, 0.4) is 0 Å². The van der Waals surface area contributed by atoms with Crippen LogP contribution in [-0.2, 0) is 16.3 Å². The minimum atomic E-state index is -0.290. The Hall–Kier alpha value is -3.03. The highest BCUT2D eigenvalue weighted by atomic mass is 16.2. The lowest BCUT2D eigenvalue weighted by Gasteiger charge is -2.24. The standard InChI is InChI=1S/C21H20N4O3/c1-23(2)7-8-24-18(27)9-14-12(21(24)28)3-5-16-19(14)13-4-6-17(26)15-10-22-11-25(16)20(13)15/h3-6,9,22H,7-8,10-11H2,1-2H3. The summed E-state index contributed by atoms with van der Waals surface area (Å²) in [5.41, 5.74) is 3.10. The van der Waals surface area contributed by atoms with Crippen LogP contribution in [0.5, 0.6) is 0 Å². The summed E-state index contributed by atoms with van der Waals surface area (Å²) in [6.07, 6.45) is 4.95. The summed E-state index contributed by atoms with van der Waals surface area (Å²) >= 11 is 0. The lowest BCUT2D eigenvalue weighted by Crippen LogP contribution is -2.45. The molecule has 0 radical (unpaired) electrons. The predicted octanol–water partition coefficient (Wildman–Crippen LogP) is -0.727. The fraction of sp³-hybridized carbons (Fsp3) is 0.286. The Morgan fingerprint density at radius 3 is 2.75 bits per heavy atom. The van der Waals surface area contributed by atoms with Gasteiger partial charge in [-0.3, -0.25) is 24.6 Å². The van der Waals surface area contributed by atoms with E-state index in [1.54, 1.807) is 18.2 Å².